The molecule has 1 aliphatic heterocycles. The second-order valence-electron chi connectivity index (χ2n) is 7.16. The molecule has 1 heterocycles. The summed E-state index contributed by atoms with van der Waals surface area (Å²) in [6.07, 6.45) is 1.38. The van der Waals surface area contributed by atoms with E-state index in [9.17, 15) is 9.90 Å². The van der Waals surface area contributed by atoms with E-state index in [1.165, 1.54) is 0 Å². The summed E-state index contributed by atoms with van der Waals surface area (Å²) in [4.78, 5) is 14.8. The Bertz CT molecular complexity index is 984. The van der Waals surface area contributed by atoms with E-state index in [1.807, 2.05) is 66.7 Å². The average molecular weight is 361 g/mol. The van der Waals surface area contributed by atoms with Crippen LogP contribution in [-0.2, 0) is 5.60 Å². The maximum Gasteiger partial charge on any atom is 0.253 e. The van der Waals surface area contributed by atoms with E-state index in [2.05, 4.69) is 0 Å². The van der Waals surface area contributed by atoms with Gasteiger partial charge in [0.1, 0.15) is 11.4 Å². The quantitative estimate of drug-likeness (QED) is 0.768. The Hall–Kier alpha value is -2.85. The number of fused-ring (bicyclic) bond motifs is 1. The lowest BCUT2D eigenvalue weighted by atomic mass is 9.85. The summed E-state index contributed by atoms with van der Waals surface area (Å²) in [6, 6.07) is 21.2. The van der Waals surface area contributed by atoms with Crippen LogP contribution in [0.15, 0.2) is 66.7 Å². The molecule has 4 nitrogen and oxygen atoms in total. The smallest absolute Gasteiger partial charge is 0.253 e. The number of aliphatic hydroxyl groups is 1. The van der Waals surface area contributed by atoms with Crippen molar-refractivity contribution in [3.63, 3.8) is 0 Å². The molecule has 0 aromatic heterocycles. The van der Waals surface area contributed by atoms with Gasteiger partial charge in [0.15, 0.2) is 0 Å². The molecule has 0 bridgehead atoms. The normalized spacial score (nSPS) is 19.9. The van der Waals surface area contributed by atoms with Gasteiger partial charge < -0.3 is 14.7 Å². The second-order valence-corrected chi connectivity index (χ2v) is 7.16. The monoisotopic (exact) mass is 361 g/mol. The molecule has 0 saturated carbocycles. The van der Waals surface area contributed by atoms with Crippen molar-refractivity contribution >= 4 is 16.7 Å². The standard InChI is InChI=1S/C23H23NO3/c1-27-21-9-4-8-20(15-21)23(26)12-5-13-24(16-23)22(25)19-11-10-17-6-2-3-7-18(17)14-19/h2-4,6-11,14-15,26H,5,12-13,16H2,1H3. The number of rotatable bonds is 3. The zero-order valence-electron chi connectivity index (χ0n) is 15.4. The first-order chi connectivity index (χ1) is 13.1. The van der Waals surface area contributed by atoms with Crippen molar-refractivity contribution in [2.24, 2.45) is 0 Å². The molecule has 1 atom stereocenters. The summed E-state index contributed by atoms with van der Waals surface area (Å²) in [7, 11) is 1.61. The zero-order chi connectivity index (χ0) is 18.9. The van der Waals surface area contributed by atoms with Crippen LogP contribution in [0.3, 0.4) is 0 Å². The van der Waals surface area contributed by atoms with Gasteiger partial charge in [0.05, 0.1) is 13.7 Å². The first kappa shape index (κ1) is 17.6. The van der Waals surface area contributed by atoms with Crippen LogP contribution in [0, 0.1) is 0 Å². The largest absolute Gasteiger partial charge is 0.497 e. The van der Waals surface area contributed by atoms with Crippen molar-refractivity contribution in [3.05, 3.63) is 77.9 Å². The Morgan fingerprint density at radius 2 is 1.85 bits per heavy atom. The Morgan fingerprint density at radius 1 is 1.04 bits per heavy atom. The number of piperidine rings is 1. The highest BCUT2D eigenvalue weighted by Gasteiger charge is 2.37. The third-order valence-corrected chi connectivity index (χ3v) is 5.36. The molecule has 4 rings (SSSR count). The van der Waals surface area contributed by atoms with Gasteiger partial charge in [-0.15, -0.1) is 0 Å². The number of hydrogen-bond donors (Lipinski definition) is 1. The molecule has 0 spiro atoms. The van der Waals surface area contributed by atoms with Crippen molar-refractivity contribution in [3.8, 4) is 5.75 Å². The molecule has 1 aliphatic rings. The molecule has 1 N–H and O–H groups in total. The fourth-order valence-electron chi connectivity index (χ4n) is 3.86. The van der Waals surface area contributed by atoms with Gasteiger partial charge in [-0.25, -0.2) is 0 Å². The van der Waals surface area contributed by atoms with Gasteiger partial charge in [0.2, 0.25) is 0 Å². The molecule has 1 unspecified atom stereocenters. The van der Waals surface area contributed by atoms with Gasteiger partial charge in [-0.1, -0.05) is 42.5 Å². The fraction of sp³-hybridized carbons (Fsp3) is 0.261. The first-order valence-corrected chi connectivity index (χ1v) is 9.24. The molecule has 1 amide bonds. The SMILES string of the molecule is COc1cccc(C2(O)CCCN(C(=O)c3ccc4ccccc4c3)C2)c1. The van der Waals surface area contributed by atoms with Crippen LogP contribution < -0.4 is 4.74 Å². The van der Waals surface area contributed by atoms with Crippen molar-refractivity contribution < 1.29 is 14.6 Å². The summed E-state index contributed by atoms with van der Waals surface area (Å²) in [5, 5.41) is 13.4. The van der Waals surface area contributed by atoms with Gasteiger partial charge in [0.25, 0.3) is 5.91 Å². The molecule has 1 saturated heterocycles. The number of methoxy groups -OCH3 is 1. The molecule has 3 aromatic carbocycles. The van der Waals surface area contributed by atoms with E-state index in [0.717, 1.165) is 22.8 Å². The molecule has 0 aliphatic carbocycles. The lowest BCUT2D eigenvalue weighted by Crippen LogP contribution is -2.48. The van der Waals surface area contributed by atoms with Crippen LogP contribution in [0.4, 0.5) is 0 Å². The summed E-state index contributed by atoms with van der Waals surface area (Å²) >= 11 is 0. The Balaban J connectivity index is 1.60. The number of ether oxygens (including phenoxy) is 1. The van der Waals surface area contributed by atoms with E-state index < -0.39 is 5.60 Å². The van der Waals surface area contributed by atoms with Gasteiger partial charge in [0, 0.05) is 12.1 Å². The van der Waals surface area contributed by atoms with Gasteiger partial charge >= 0.3 is 0 Å². The van der Waals surface area contributed by atoms with Crippen LogP contribution >= 0.6 is 0 Å². The summed E-state index contributed by atoms with van der Waals surface area (Å²) < 4.78 is 5.28. The van der Waals surface area contributed by atoms with Crippen molar-refractivity contribution in [1.82, 2.24) is 4.90 Å². The number of amides is 1. The van der Waals surface area contributed by atoms with Crippen LogP contribution in [0.5, 0.6) is 5.75 Å². The van der Waals surface area contributed by atoms with E-state index in [4.69, 9.17) is 4.74 Å². The van der Waals surface area contributed by atoms with E-state index >= 15 is 0 Å². The van der Waals surface area contributed by atoms with Crippen molar-refractivity contribution in [2.45, 2.75) is 18.4 Å². The number of hydrogen-bond acceptors (Lipinski definition) is 3. The zero-order valence-corrected chi connectivity index (χ0v) is 15.4. The summed E-state index contributed by atoms with van der Waals surface area (Å²) in [5.41, 5.74) is 0.390. The molecule has 3 aromatic rings. The Morgan fingerprint density at radius 3 is 2.67 bits per heavy atom. The van der Waals surface area contributed by atoms with Gasteiger partial charge in [-0.2, -0.15) is 0 Å². The van der Waals surface area contributed by atoms with Crippen molar-refractivity contribution in [1.29, 1.82) is 0 Å². The maximum absolute atomic E-state index is 13.1. The third-order valence-electron chi connectivity index (χ3n) is 5.36. The molecule has 138 valence electrons. The first-order valence-electron chi connectivity index (χ1n) is 9.24. The van der Waals surface area contributed by atoms with Gasteiger partial charge in [-0.05, 0) is 53.4 Å². The molecular weight excluding hydrogens is 338 g/mol. The highest BCUT2D eigenvalue weighted by molar-refractivity contribution is 5.98. The van der Waals surface area contributed by atoms with E-state index in [1.54, 1.807) is 12.0 Å². The number of likely N-dealkylation sites (tertiary alicyclic amines) is 1. The highest BCUT2D eigenvalue weighted by atomic mass is 16.5. The topological polar surface area (TPSA) is 49.8 Å². The summed E-state index contributed by atoms with van der Waals surface area (Å²) in [6.45, 7) is 0.934. The van der Waals surface area contributed by atoms with E-state index in [0.29, 0.717) is 24.3 Å². The Kier molecular flexibility index (Phi) is 4.58. The highest BCUT2D eigenvalue weighted by Crippen LogP contribution is 2.34. The van der Waals surface area contributed by atoms with Gasteiger partial charge in [-0.3, -0.25) is 4.79 Å². The molecule has 0 radical (unpaired) electrons. The Labute approximate surface area is 159 Å². The molecule has 27 heavy (non-hydrogen) atoms. The molecular formula is C23H23NO3. The number of carbonyl (C=O) groups excluding carboxylic acids is 1. The lowest BCUT2D eigenvalue weighted by Gasteiger charge is -2.39. The number of β-amino-alcohol motifs (C(OH)–C–C–N with tert-alkyl or cyclic N) is 1. The minimum absolute atomic E-state index is 0.0400. The number of nitrogens with zero attached hydrogens (tertiary/aromatic N) is 1. The van der Waals surface area contributed by atoms with Crippen LogP contribution in [-0.4, -0.2) is 36.1 Å². The van der Waals surface area contributed by atoms with Crippen LogP contribution in [0.2, 0.25) is 0 Å². The molecule has 4 heteroatoms. The number of carbonyl (C=O) groups is 1. The minimum Gasteiger partial charge on any atom is -0.497 e. The van der Waals surface area contributed by atoms with Crippen molar-refractivity contribution in [2.75, 3.05) is 20.2 Å². The predicted octanol–water partition coefficient (Wildman–Crippen LogP) is 3.97. The minimum atomic E-state index is -1.06. The lowest BCUT2D eigenvalue weighted by molar-refractivity contribution is -0.0290. The predicted molar refractivity (Wildman–Crippen MR) is 106 cm³/mol. The van der Waals surface area contributed by atoms with E-state index in [-0.39, 0.29) is 12.5 Å². The fourth-order valence-corrected chi connectivity index (χ4v) is 3.86. The molecule has 1 fully saturated rings. The third kappa shape index (κ3) is 3.40. The summed E-state index contributed by atoms with van der Waals surface area (Å²) in [5.74, 6) is 0.667. The van der Waals surface area contributed by atoms with Crippen LogP contribution in [0.1, 0.15) is 28.8 Å². The van der Waals surface area contributed by atoms with Crippen LogP contribution in [0.25, 0.3) is 10.8 Å². The average Bonchev–Trinajstić information content (AvgIpc) is 2.73. The maximum atomic E-state index is 13.1. The second kappa shape index (κ2) is 7.05. The number of benzene rings is 3.